The van der Waals surface area contributed by atoms with Crippen LogP contribution in [0.2, 0.25) is 0 Å². The van der Waals surface area contributed by atoms with Crippen LogP contribution < -0.4 is 9.44 Å². The minimum absolute atomic E-state index is 0.0979. The Bertz CT molecular complexity index is 320. The number of methoxy groups -OCH3 is 1. The van der Waals surface area contributed by atoms with Gasteiger partial charge in [-0.1, -0.05) is 0 Å². The number of carboxylic acid groups (broad SMARTS) is 1. The van der Waals surface area contributed by atoms with Gasteiger partial charge in [0.25, 0.3) is 10.2 Å². The van der Waals surface area contributed by atoms with Crippen LogP contribution >= 0.6 is 11.8 Å². The Morgan fingerprint density at radius 2 is 2.18 bits per heavy atom. The lowest BCUT2D eigenvalue weighted by Crippen LogP contribution is -2.47. The fraction of sp³-hybridized carbons (Fsp3) is 0.875. The Balaban J connectivity index is 4.27. The summed E-state index contributed by atoms with van der Waals surface area (Å²) in [7, 11) is -2.35. The van der Waals surface area contributed by atoms with Gasteiger partial charge in [0.05, 0.1) is 6.61 Å². The standard InChI is InChI=1S/C8H18N2O5S2/c1-15-5-4-9-17(13,14)10-7(8(11)12)3-6-16-2/h7,9-10H,3-6H2,1-2H3,(H,11,12). The van der Waals surface area contributed by atoms with Crippen LogP contribution in [0.4, 0.5) is 0 Å². The van der Waals surface area contributed by atoms with Gasteiger partial charge in [-0.2, -0.15) is 29.6 Å². The Morgan fingerprint density at radius 3 is 2.65 bits per heavy atom. The highest BCUT2D eigenvalue weighted by Gasteiger charge is 2.22. The maximum Gasteiger partial charge on any atom is 0.321 e. The quantitative estimate of drug-likeness (QED) is 0.457. The van der Waals surface area contributed by atoms with E-state index in [9.17, 15) is 13.2 Å². The van der Waals surface area contributed by atoms with Crippen molar-refractivity contribution in [1.29, 1.82) is 0 Å². The molecule has 0 saturated carbocycles. The van der Waals surface area contributed by atoms with Crippen LogP contribution in [-0.2, 0) is 19.7 Å². The number of thioether (sulfide) groups is 1. The molecule has 0 aliphatic rings. The lowest BCUT2D eigenvalue weighted by atomic mass is 10.2. The Labute approximate surface area is 105 Å². The minimum atomic E-state index is -3.80. The van der Waals surface area contributed by atoms with E-state index in [1.54, 1.807) is 0 Å². The maximum atomic E-state index is 11.4. The number of hydrogen-bond donors (Lipinski definition) is 3. The van der Waals surface area contributed by atoms with Gasteiger partial charge in [-0.15, -0.1) is 0 Å². The van der Waals surface area contributed by atoms with Gasteiger partial charge >= 0.3 is 5.97 Å². The van der Waals surface area contributed by atoms with Crippen molar-refractivity contribution < 1.29 is 23.1 Å². The smallest absolute Gasteiger partial charge is 0.321 e. The molecular weight excluding hydrogens is 268 g/mol. The number of ether oxygens (including phenoxy) is 1. The van der Waals surface area contributed by atoms with Crippen LogP contribution in [0.15, 0.2) is 0 Å². The second-order valence-corrected chi connectivity index (χ2v) is 5.70. The molecule has 0 spiro atoms. The van der Waals surface area contributed by atoms with Gasteiger partial charge in [0, 0.05) is 13.7 Å². The van der Waals surface area contributed by atoms with Crippen LogP contribution in [0.5, 0.6) is 0 Å². The zero-order valence-electron chi connectivity index (χ0n) is 9.80. The molecule has 0 radical (unpaired) electrons. The molecule has 0 rings (SSSR count). The predicted octanol–water partition coefficient (Wildman–Crippen LogP) is -0.737. The molecule has 0 amide bonds. The lowest BCUT2D eigenvalue weighted by molar-refractivity contribution is -0.139. The summed E-state index contributed by atoms with van der Waals surface area (Å²) < 4.78 is 31.8. The van der Waals surface area contributed by atoms with Gasteiger partial charge in [-0.3, -0.25) is 4.79 Å². The van der Waals surface area contributed by atoms with Crippen LogP contribution in [0.3, 0.4) is 0 Å². The van der Waals surface area contributed by atoms with Crippen molar-refractivity contribution >= 4 is 27.9 Å². The second-order valence-electron chi connectivity index (χ2n) is 3.18. The zero-order valence-corrected chi connectivity index (χ0v) is 11.4. The van der Waals surface area contributed by atoms with E-state index < -0.39 is 22.2 Å². The van der Waals surface area contributed by atoms with Gasteiger partial charge in [0.15, 0.2) is 0 Å². The highest BCUT2D eigenvalue weighted by Crippen LogP contribution is 2.01. The molecule has 0 saturated heterocycles. The largest absolute Gasteiger partial charge is 0.480 e. The van der Waals surface area contributed by atoms with Gasteiger partial charge < -0.3 is 9.84 Å². The van der Waals surface area contributed by atoms with E-state index in [0.29, 0.717) is 5.75 Å². The SMILES string of the molecule is COCCNS(=O)(=O)NC(CCSC)C(=O)O. The third-order valence-corrected chi connectivity index (χ3v) is 3.63. The van der Waals surface area contributed by atoms with E-state index >= 15 is 0 Å². The average molecular weight is 286 g/mol. The van der Waals surface area contributed by atoms with Crippen LogP contribution in [0.25, 0.3) is 0 Å². The molecule has 7 nitrogen and oxygen atoms in total. The maximum absolute atomic E-state index is 11.4. The van der Waals surface area contributed by atoms with Crippen molar-refractivity contribution in [2.24, 2.45) is 0 Å². The molecule has 0 bridgehead atoms. The average Bonchev–Trinajstić information content (AvgIpc) is 2.24. The summed E-state index contributed by atoms with van der Waals surface area (Å²) in [6.45, 7) is 0.324. The first-order valence-corrected chi connectivity index (χ1v) is 7.78. The summed E-state index contributed by atoms with van der Waals surface area (Å²) >= 11 is 1.46. The molecule has 0 heterocycles. The normalized spacial score (nSPS) is 13.5. The molecule has 9 heteroatoms. The third kappa shape index (κ3) is 8.38. The second kappa shape index (κ2) is 8.70. The highest BCUT2D eigenvalue weighted by atomic mass is 32.2. The Morgan fingerprint density at radius 1 is 1.53 bits per heavy atom. The third-order valence-electron chi connectivity index (χ3n) is 1.80. The molecule has 0 aliphatic heterocycles. The molecular formula is C8H18N2O5S2. The number of hydrogen-bond acceptors (Lipinski definition) is 5. The Hall–Kier alpha value is -0.350. The number of carboxylic acids is 1. The van der Waals surface area contributed by atoms with Crippen LogP contribution in [-0.4, -0.2) is 57.8 Å². The lowest BCUT2D eigenvalue weighted by Gasteiger charge is -2.14. The first kappa shape index (κ1) is 16.6. The van der Waals surface area contributed by atoms with Crippen molar-refractivity contribution in [2.75, 3.05) is 32.3 Å². The molecule has 0 aromatic carbocycles. The summed E-state index contributed by atoms with van der Waals surface area (Å²) in [6, 6.07) is -1.11. The fourth-order valence-corrected chi connectivity index (χ4v) is 2.48. The fourth-order valence-electron chi connectivity index (χ4n) is 0.976. The van der Waals surface area contributed by atoms with E-state index in [0.717, 1.165) is 0 Å². The molecule has 102 valence electrons. The first-order valence-electron chi connectivity index (χ1n) is 4.90. The number of rotatable bonds is 10. The molecule has 0 aromatic heterocycles. The monoisotopic (exact) mass is 286 g/mol. The van der Waals surface area contributed by atoms with Gasteiger partial charge in [-0.25, -0.2) is 0 Å². The zero-order chi connectivity index (χ0) is 13.3. The van der Waals surface area contributed by atoms with Crippen molar-refractivity contribution in [1.82, 2.24) is 9.44 Å². The number of aliphatic carboxylic acids is 1. The van der Waals surface area contributed by atoms with E-state index in [1.807, 2.05) is 6.26 Å². The van der Waals surface area contributed by atoms with Crippen molar-refractivity contribution in [3.8, 4) is 0 Å². The van der Waals surface area contributed by atoms with Crippen molar-refractivity contribution in [3.05, 3.63) is 0 Å². The van der Waals surface area contributed by atoms with Gasteiger partial charge in [-0.05, 0) is 18.4 Å². The van der Waals surface area contributed by atoms with Gasteiger partial charge in [0.2, 0.25) is 0 Å². The van der Waals surface area contributed by atoms with E-state index in [-0.39, 0.29) is 19.6 Å². The molecule has 1 unspecified atom stereocenters. The van der Waals surface area contributed by atoms with Crippen molar-refractivity contribution in [3.63, 3.8) is 0 Å². The highest BCUT2D eigenvalue weighted by molar-refractivity contribution is 7.98. The first-order chi connectivity index (χ1) is 7.93. The molecule has 0 aliphatic carbocycles. The number of carbonyl (C=O) groups is 1. The van der Waals surface area contributed by atoms with Crippen molar-refractivity contribution in [2.45, 2.75) is 12.5 Å². The molecule has 1 atom stereocenters. The Kier molecular flexibility index (Phi) is 8.52. The summed E-state index contributed by atoms with van der Waals surface area (Å²) in [5, 5.41) is 8.85. The molecule has 0 fully saturated rings. The van der Waals surface area contributed by atoms with E-state index in [1.165, 1.54) is 18.9 Å². The molecule has 17 heavy (non-hydrogen) atoms. The summed E-state index contributed by atoms with van der Waals surface area (Å²) in [5.41, 5.74) is 0. The summed E-state index contributed by atoms with van der Waals surface area (Å²) in [5.74, 6) is -0.617. The van der Waals surface area contributed by atoms with Gasteiger partial charge in [0.1, 0.15) is 6.04 Å². The van der Waals surface area contributed by atoms with E-state index in [2.05, 4.69) is 14.2 Å². The van der Waals surface area contributed by atoms with Crippen LogP contribution in [0.1, 0.15) is 6.42 Å². The summed E-state index contributed by atoms with van der Waals surface area (Å²) in [4.78, 5) is 10.8. The summed E-state index contributed by atoms with van der Waals surface area (Å²) in [6.07, 6.45) is 2.06. The molecule has 3 N–H and O–H groups in total. The minimum Gasteiger partial charge on any atom is -0.480 e. The predicted molar refractivity (Wildman–Crippen MR) is 66.4 cm³/mol. The van der Waals surface area contributed by atoms with Crippen LogP contribution in [0, 0.1) is 0 Å². The topological polar surface area (TPSA) is 105 Å². The number of nitrogens with one attached hydrogen (secondary N) is 2. The molecule has 0 aromatic rings. The van der Waals surface area contributed by atoms with E-state index in [4.69, 9.17) is 5.11 Å².